The van der Waals surface area contributed by atoms with E-state index in [2.05, 4.69) is 27.1 Å². The van der Waals surface area contributed by atoms with Crippen LogP contribution in [0.4, 0.5) is 5.69 Å². The zero-order chi connectivity index (χ0) is 29.6. The molecule has 6 rings (SSSR count). The first-order chi connectivity index (χ1) is 21.1. The van der Waals surface area contributed by atoms with Crippen molar-refractivity contribution >= 4 is 22.6 Å². The van der Waals surface area contributed by atoms with Gasteiger partial charge >= 0.3 is 0 Å². The van der Waals surface area contributed by atoms with Crippen molar-refractivity contribution in [2.24, 2.45) is 5.92 Å². The van der Waals surface area contributed by atoms with Crippen molar-refractivity contribution in [2.75, 3.05) is 25.0 Å². The lowest BCUT2D eigenvalue weighted by atomic mass is 9.89. The molecule has 2 saturated heterocycles. The first kappa shape index (κ1) is 29.4. The van der Waals surface area contributed by atoms with Gasteiger partial charge in [0.15, 0.2) is 6.29 Å². The minimum absolute atomic E-state index is 0.00792. The highest BCUT2D eigenvalue weighted by molar-refractivity contribution is 6.03. The van der Waals surface area contributed by atoms with E-state index in [1.54, 1.807) is 0 Å². The normalized spacial score (nSPS) is 23.4. The molecule has 1 amide bonds. The predicted molar refractivity (Wildman–Crippen MR) is 166 cm³/mol. The number of carbonyl (C=O) groups excluding carboxylic acids is 1. The molecule has 2 aliphatic rings. The second kappa shape index (κ2) is 13.7. The van der Waals surface area contributed by atoms with Crippen LogP contribution in [-0.4, -0.2) is 51.6 Å². The maximum absolute atomic E-state index is 13.1. The smallest absolute Gasteiger partial charge is 0.275 e. The molecule has 224 valence electrons. The number of fused-ring (bicyclic) bond motifs is 1. The minimum atomic E-state index is -0.601. The molecule has 1 aromatic heterocycles. The first-order valence-electron chi connectivity index (χ1n) is 15.4. The Morgan fingerprint density at radius 1 is 0.907 bits per heavy atom. The zero-order valence-corrected chi connectivity index (χ0v) is 24.7. The molecule has 3 aromatic carbocycles. The molecule has 0 saturated carbocycles. The fourth-order valence-corrected chi connectivity index (χ4v) is 6.10. The van der Waals surface area contributed by atoms with Gasteiger partial charge in [0, 0.05) is 23.7 Å². The van der Waals surface area contributed by atoms with Gasteiger partial charge in [-0.05, 0) is 61.3 Å². The Bertz CT molecular complexity index is 1520. The second-order valence-electron chi connectivity index (χ2n) is 11.7. The Labute approximate surface area is 253 Å². The summed E-state index contributed by atoms with van der Waals surface area (Å²) in [6.45, 7) is 5.24. The molecular weight excluding hydrogens is 540 g/mol. The molecule has 0 bridgehead atoms. The highest BCUT2D eigenvalue weighted by Crippen LogP contribution is 2.42. The van der Waals surface area contributed by atoms with Gasteiger partial charge in [0.2, 0.25) is 0 Å². The van der Waals surface area contributed by atoms with Crippen molar-refractivity contribution in [3.8, 4) is 0 Å². The van der Waals surface area contributed by atoms with Gasteiger partial charge in [-0.25, -0.2) is 4.98 Å². The van der Waals surface area contributed by atoms with Gasteiger partial charge in [0.25, 0.3) is 5.91 Å². The summed E-state index contributed by atoms with van der Waals surface area (Å²) < 4.78 is 13.4. The summed E-state index contributed by atoms with van der Waals surface area (Å²) in [6.07, 6.45) is 7.01. The van der Waals surface area contributed by atoms with Gasteiger partial charge in [-0.3, -0.25) is 9.78 Å². The topological polar surface area (TPSA) is 96.8 Å². The summed E-state index contributed by atoms with van der Waals surface area (Å²) in [4.78, 5) is 24.5. The van der Waals surface area contributed by atoms with Crippen molar-refractivity contribution < 1.29 is 19.4 Å². The number of para-hydroxylation sites is 2. The van der Waals surface area contributed by atoms with Gasteiger partial charge in [0.1, 0.15) is 5.69 Å². The van der Waals surface area contributed by atoms with E-state index >= 15 is 0 Å². The number of aliphatic hydroxyl groups is 1. The third kappa shape index (κ3) is 7.11. The van der Waals surface area contributed by atoms with Crippen LogP contribution in [-0.2, 0) is 16.1 Å². The number of likely N-dealkylation sites (tertiary alicyclic amines) is 1. The summed E-state index contributed by atoms with van der Waals surface area (Å²) >= 11 is 0. The molecule has 8 heteroatoms. The van der Waals surface area contributed by atoms with Crippen LogP contribution in [0, 0.1) is 5.92 Å². The Balaban J connectivity index is 1.23. The van der Waals surface area contributed by atoms with Crippen molar-refractivity contribution in [3.63, 3.8) is 0 Å². The summed E-state index contributed by atoms with van der Waals surface area (Å²) in [5, 5.41) is 12.5. The monoisotopic (exact) mass is 580 g/mol. The maximum atomic E-state index is 13.1. The van der Waals surface area contributed by atoms with E-state index < -0.39 is 6.29 Å². The van der Waals surface area contributed by atoms with Gasteiger partial charge < -0.3 is 24.8 Å². The summed E-state index contributed by atoms with van der Waals surface area (Å²) in [5.41, 5.74) is 5.07. The number of aromatic nitrogens is 2. The molecule has 8 nitrogen and oxygen atoms in total. The van der Waals surface area contributed by atoms with Crippen LogP contribution in [0.2, 0.25) is 0 Å². The van der Waals surface area contributed by atoms with Crippen LogP contribution >= 0.6 is 0 Å². The van der Waals surface area contributed by atoms with Crippen molar-refractivity contribution in [1.29, 1.82) is 0 Å². The number of nitrogens with zero attached hydrogens (tertiary/aromatic N) is 3. The van der Waals surface area contributed by atoms with Crippen molar-refractivity contribution in [2.45, 2.75) is 64.1 Å². The number of amides is 1. The van der Waals surface area contributed by atoms with Gasteiger partial charge in [-0.1, -0.05) is 74.7 Å². The number of ether oxygens (including phenoxy) is 2. The molecule has 0 aliphatic carbocycles. The van der Waals surface area contributed by atoms with Crippen LogP contribution in [0.15, 0.2) is 79.0 Å². The van der Waals surface area contributed by atoms with Crippen LogP contribution in [0.25, 0.3) is 11.0 Å². The molecule has 4 atom stereocenters. The number of hydrogen-bond acceptors (Lipinski definition) is 7. The lowest BCUT2D eigenvalue weighted by Gasteiger charge is -2.43. The molecule has 0 radical (unpaired) electrons. The van der Waals surface area contributed by atoms with Crippen LogP contribution in [0.3, 0.4) is 0 Å². The van der Waals surface area contributed by atoms with E-state index in [-0.39, 0.29) is 36.3 Å². The number of rotatable bonds is 7. The van der Waals surface area contributed by atoms with Gasteiger partial charge in [0.05, 0.1) is 36.0 Å². The molecule has 0 spiro atoms. The minimum Gasteiger partial charge on any atom is -0.392 e. The molecule has 3 heterocycles. The van der Waals surface area contributed by atoms with Crippen LogP contribution in [0.1, 0.15) is 78.6 Å². The van der Waals surface area contributed by atoms with Gasteiger partial charge in [-0.15, -0.1) is 0 Å². The molecule has 2 aliphatic heterocycles. The van der Waals surface area contributed by atoms with Crippen LogP contribution < -0.4 is 5.32 Å². The Morgan fingerprint density at radius 2 is 1.65 bits per heavy atom. The van der Waals surface area contributed by atoms with E-state index in [1.807, 2.05) is 72.8 Å². The predicted octanol–water partition coefficient (Wildman–Crippen LogP) is 6.43. The lowest BCUT2D eigenvalue weighted by molar-refractivity contribution is -0.276. The molecule has 0 unspecified atom stereocenters. The standard InChI is InChI=1S/C35H40N4O4/c1-24-32(22-39-18-7-3-2-4-8-19-39)42-35(43-33(24)26-16-14-25(23-40)15-17-26)27-10-9-11-28(20-27)37-34(41)31-21-36-29-12-5-6-13-30(29)38-31/h5-6,9-17,20-21,24,32-33,35,40H,2-4,7-8,18-19,22-23H2,1H3,(H,37,41)/t24-,32+,33+,35+/m1/s1. The third-order valence-electron chi connectivity index (χ3n) is 8.61. The molecule has 4 aromatic rings. The lowest BCUT2D eigenvalue weighted by Crippen LogP contribution is -2.45. The fraction of sp³-hybridized carbons (Fsp3) is 0.400. The number of benzene rings is 3. The number of hydrogen-bond donors (Lipinski definition) is 2. The second-order valence-corrected chi connectivity index (χ2v) is 11.7. The Kier molecular flexibility index (Phi) is 9.39. The summed E-state index contributed by atoms with van der Waals surface area (Å²) in [6, 6.07) is 23.1. The Hall–Kier alpha value is -3.69. The number of carbonyl (C=O) groups is 1. The molecular formula is C35H40N4O4. The highest BCUT2D eigenvalue weighted by Gasteiger charge is 2.39. The van der Waals surface area contributed by atoms with Crippen LogP contribution in [0.5, 0.6) is 0 Å². The summed E-state index contributed by atoms with van der Waals surface area (Å²) in [5.74, 6) is -0.206. The number of aliphatic hydroxyl groups excluding tert-OH is 1. The highest BCUT2D eigenvalue weighted by atomic mass is 16.7. The molecule has 2 fully saturated rings. The van der Waals surface area contributed by atoms with Crippen molar-refractivity contribution in [3.05, 3.63) is 101 Å². The first-order valence-corrected chi connectivity index (χ1v) is 15.4. The number of anilines is 1. The largest absolute Gasteiger partial charge is 0.392 e. The Morgan fingerprint density at radius 3 is 2.42 bits per heavy atom. The average molecular weight is 581 g/mol. The quantitative estimate of drug-likeness (QED) is 0.260. The van der Waals surface area contributed by atoms with E-state index in [1.165, 1.54) is 38.3 Å². The average Bonchev–Trinajstić information content (AvgIpc) is 3.03. The third-order valence-corrected chi connectivity index (χ3v) is 8.61. The number of nitrogens with one attached hydrogen (secondary N) is 1. The van der Waals surface area contributed by atoms with E-state index in [4.69, 9.17) is 9.47 Å². The maximum Gasteiger partial charge on any atom is 0.275 e. The SMILES string of the molecule is C[C@@H]1[C@H](CN2CCCCCCC2)O[C@H](c2cccc(NC(=O)c3cnc4ccccc4n3)c2)O[C@@H]1c1ccc(CO)cc1. The van der Waals surface area contributed by atoms with E-state index in [0.717, 1.165) is 41.8 Å². The fourth-order valence-electron chi connectivity index (χ4n) is 6.10. The van der Waals surface area contributed by atoms with E-state index in [0.29, 0.717) is 11.2 Å². The molecule has 43 heavy (non-hydrogen) atoms. The van der Waals surface area contributed by atoms with Gasteiger partial charge in [-0.2, -0.15) is 0 Å². The van der Waals surface area contributed by atoms with Crippen molar-refractivity contribution in [1.82, 2.24) is 14.9 Å². The van der Waals surface area contributed by atoms with E-state index in [9.17, 15) is 9.90 Å². The summed E-state index contributed by atoms with van der Waals surface area (Å²) in [7, 11) is 0. The molecule has 2 N–H and O–H groups in total. The zero-order valence-electron chi connectivity index (χ0n) is 24.7.